The first kappa shape index (κ1) is 19.2. The third-order valence-corrected chi connectivity index (χ3v) is 5.44. The molecule has 1 aliphatic heterocycles. The van der Waals surface area contributed by atoms with Crippen molar-refractivity contribution < 1.29 is 14.7 Å². The summed E-state index contributed by atoms with van der Waals surface area (Å²) in [6, 6.07) is 12.5. The molecule has 2 aromatic carbocycles. The van der Waals surface area contributed by atoms with Crippen LogP contribution in [0.15, 0.2) is 42.5 Å². The number of Topliss-reactive ketones (excluding diaryl/α,β-unsaturated/α-hetero) is 1. The van der Waals surface area contributed by atoms with E-state index in [4.69, 9.17) is 0 Å². The number of para-hydroxylation sites is 1. The van der Waals surface area contributed by atoms with Crippen molar-refractivity contribution in [2.75, 3.05) is 4.90 Å². The number of carbonyl (C=O) groups is 2. The molecular formula is C23H27NO3. The van der Waals surface area contributed by atoms with Crippen molar-refractivity contribution in [1.29, 1.82) is 0 Å². The van der Waals surface area contributed by atoms with Gasteiger partial charge in [0.2, 0.25) is 5.91 Å². The molecule has 2 atom stereocenters. The van der Waals surface area contributed by atoms with Gasteiger partial charge < -0.3 is 10.0 Å². The van der Waals surface area contributed by atoms with Crippen molar-refractivity contribution in [3.05, 3.63) is 59.2 Å². The molecule has 1 fully saturated rings. The van der Waals surface area contributed by atoms with Crippen LogP contribution < -0.4 is 4.90 Å². The second-order valence-electron chi connectivity index (χ2n) is 8.41. The van der Waals surface area contributed by atoms with E-state index in [1.54, 1.807) is 23.1 Å². The molecule has 3 rings (SSSR count). The first-order chi connectivity index (χ1) is 12.6. The Morgan fingerprint density at radius 2 is 1.70 bits per heavy atom. The molecule has 4 nitrogen and oxygen atoms in total. The average Bonchev–Trinajstić information content (AvgIpc) is 2.52. The number of phenols is 1. The third-order valence-electron chi connectivity index (χ3n) is 5.44. The number of aryl methyl sites for hydroxylation is 2. The van der Waals surface area contributed by atoms with Crippen LogP contribution in [-0.4, -0.2) is 22.8 Å². The van der Waals surface area contributed by atoms with Gasteiger partial charge in [-0.1, -0.05) is 32.0 Å². The highest BCUT2D eigenvalue weighted by Crippen LogP contribution is 2.43. The number of amides is 1. The van der Waals surface area contributed by atoms with Crippen LogP contribution in [0.1, 0.15) is 48.7 Å². The summed E-state index contributed by atoms with van der Waals surface area (Å²) in [7, 11) is 0. The van der Waals surface area contributed by atoms with Crippen LogP contribution in [0.25, 0.3) is 0 Å². The Kier molecular flexibility index (Phi) is 4.85. The highest BCUT2D eigenvalue weighted by Gasteiger charge is 2.49. The molecule has 1 aliphatic rings. The normalized spacial score (nSPS) is 22.0. The quantitative estimate of drug-likeness (QED) is 0.636. The smallest absolute Gasteiger partial charge is 0.238 e. The van der Waals surface area contributed by atoms with E-state index in [9.17, 15) is 14.7 Å². The van der Waals surface area contributed by atoms with Gasteiger partial charge in [0.15, 0.2) is 5.78 Å². The number of benzene rings is 2. The van der Waals surface area contributed by atoms with E-state index in [2.05, 4.69) is 6.07 Å². The lowest BCUT2D eigenvalue weighted by Crippen LogP contribution is -2.56. The van der Waals surface area contributed by atoms with Crippen LogP contribution in [-0.2, 0) is 4.79 Å². The topological polar surface area (TPSA) is 57.6 Å². The summed E-state index contributed by atoms with van der Waals surface area (Å²) in [6.45, 7) is 9.96. The van der Waals surface area contributed by atoms with E-state index in [-0.39, 0.29) is 29.0 Å². The zero-order valence-corrected chi connectivity index (χ0v) is 16.6. The van der Waals surface area contributed by atoms with Gasteiger partial charge in [-0.2, -0.15) is 0 Å². The molecule has 0 aromatic heterocycles. The minimum Gasteiger partial charge on any atom is -0.507 e. The molecule has 142 valence electrons. The number of hydrogen-bond acceptors (Lipinski definition) is 3. The van der Waals surface area contributed by atoms with Gasteiger partial charge in [0.25, 0.3) is 0 Å². The highest BCUT2D eigenvalue weighted by atomic mass is 16.3. The van der Waals surface area contributed by atoms with Crippen LogP contribution in [0.5, 0.6) is 5.75 Å². The van der Waals surface area contributed by atoms with Gasteiger partial charge in [0.1, 0.15) is 11.7 Å². The summed E-state index contributed by atoms with van der Waals surface area (Å²) >= 11 is 0. The molecule has 0 saturated carbocycles. The zero-order valence-electron chi connectivity index (χ0n) is 16.6. The van der Waals surface area contributed by atoms with Crippen molar-refractivity contribution in [3.8, 4) is 5.75 Å². The van der Waals surface area contributed by atoms with Gasteiger partial charge in [-0.15, -0.1) is 0 Å². The maximum absolute atomic E-state index is 13.5. The van der Waals surface area contributed by atoms with Crippen molar-refractivity contribution in [2.24, 2.45) is 11.3 Å². The molecule has 4 heteroatoms. The fourth-order valence-corrected chi connectivity index (χ4v) is 4.44. The first-order valence-electron chi connectivity index (χ1n) is 9.35. The second-order valence-corrected chi connectivity index (χ2v) is 8.41. The van der Waals surface area contributed by atoms with Gasteiger partial charge in [0.05, 0.1) is 5.56 Å². The molecule has 2 unspecified atom stereocenters. The second kappa shape index (κ2) is 6.84. The van der Waals surface area contributed by atoms with E-state index in [0.29, 0.717) is 6.42 Å². The van der Waals surface area contributed by atoms with E-state index >= 15 is 0 Å². The SMILES string of the molecule is Cc1cc(C)cc(N2C(=O)C(C(=O)c3ccccc3O)C(C)(C)CC2C)c1. The van der Waals surface area contributed by atoms with Crippen LogP contribution in [0.3, 0.4) is 0 Å². The third kappa shape index (κ3) is 3.48. The Bertz CT molecular complexity index is 880. The van der Waals surface area contributed by atoms with E-state index < -0.39 is 11.3 Å². The molecular weight excluding hydrogens is 338 g/mol. The molecule has 1 N–H and O–H groups in total. The van der Waals surface area contributed by atoms with Crippen molar-refractivity contribution in [2.45, 2.75) is 47.1 Å². The lowest BCUT2D eigenvalue weighted by molar-refractivity contribution is -0.127. The van der Waals surface area contributed by atoms with Gasteiger partial charge in [-0.3, -0.25) is 9.59 Å². The number of piperidine rings is 1. The summed E-state index contributed by atoms with van der Waals surface area (Å²) in [5, 5.41) is 10.1. The molecule has 27 heavy (non-hydrogen) atoms. The molecule has 1 heterocycles. The zero-order chi connectivity index (χ0) is 19.9. The minimum absolute atomic E-state index is 0.0119. The number of nitrogens with zero attached hydrogens (tertiary/aromatic N) is 1. The highest BCUT2D eigenvalue weighted by molar-refractivity contribution is 6.16. The van der Waals surface area contributed by atoms with Crippen LogP contribution in [0.2, 0.25) is 0 Å². The van der Waals surface area contributed by atoms with E-state index in [1.807, 2.05) is 46.8 Å². The Balaban J connectivity index is 2.06. The van der Waals surface area contributed by atoms with Gasteiger partial charge in [-0.05, 0) is 68.0 Å². The number of anilines is 1. The maximum atomic E-state index is 13.5. The molecule has 2 aromatic rings. The van der Waals surface area contributed by atoms with Crippen LogP contribution >= 0.6 is 0 Å². The first-order valence-corrected chi connectivity index (χ1v) is 9.35. The lowest BCUT2D eigenvalue weighted by Gasteiger charge is -2.46. The minimum atomic E-state index is -0.831. The number of rotatable bonds is 3. The number of ketones is 1. The Labute approximate surface area is 160 Å². The summed E-state index contributed by atoms with van der Waals surface area (Å²) < 4.78 is 0. The molecule has 0 bridgehead atoms. The summed E-state index contributed by atoms with van der Waals surface area (Å²) in [5.74, 6) is -1.42. The average molecular weight is 365 g/mol. The Morgan fingerprint density at radius 3 is 2.30 bits per heavy atom. The number of aromatic hydroxyl groups is 1. The van der Waals surface area contributed by atoms with E-state index in [1.165, 1.54) is 6.07 Å². The lowest BCUT2D eigenvalue weighted by atomic mass is 9.67. The number of hydrogen-bond donors (Lipinski definition) is 1. The largest absolute Gasteiger partial charge is 0.507 e. The molecule has 1 amide bonds. The Morgan fingerprint density at radius 1 is 1.11 bits per heavy atom. The van der Waals surface area contributed by atoms with Crippen LogP contribution in [0.4, 0.5) is 5.69 Å². The van der Waals surface area contributed by atoms with Gasteiger partial charge >= 0.3 is 0 Å². The standard InChI is InChI=1S/C23H27NO3/c1-14-10-15(2)12-17(11-14)24-16(3)13-23(4,5)20(22(24)27)21(26)18-8-6-7-9-19(18)25/h6-12,16,20,25H,13H2,1-5H3. The molecule has 1 saturated heterocycles. The van der Waals surface area contributed by atoms with Gasteiger partial charge in [0, 0.05) is 11.7 Å². The fraction of sp³-hybridized carbons (Fsp3) is 0.391. The van der Waals surface area contributed by atoms with Crippen molar-refractivity contribution in [3.63, 3.8) is 0 Å². The number of carbonyl (C=O) groups excluding carboxylic acids is 2. The molecule has 0 radical (unpaired) electrons. The van der Waals surface area contributed by atoms with Crippen molar-refractivity contribution >= 4 is 17.4 Å². The molecule has 0 aliphatic carbocycles. The molecule has 0 spiro atoms. The monoisotopic (exact) mass is 365 g/mol. The Hall–Kier alpha value is -2.62. The predicted octanol–water partition coefficient (Wildman–Crippen LogP) is 4.66. The fourth-order valence-electron chi connectivity index (χ4n) is 4.44. The summed E-state index contributed by atoms with van der Waals surface area (Å²) in [6.07, 6.45) is 0.704. The maximum Gasteiger partial charge on any atom is 0.238 e. The predicted molar refractivity (Wildman–Crippen MR) is 107 cm³/mol. The number of phenolic OH excluding ortho intramolecular Hbond substituents is 1. The van der Waals surface area contributed by atoms with Crippen LogP contribution in [0, 0.1) is 25.2 Å². The summed E-state index contributed by atoms with van der Waals surface area (Å²) in [4.78, 5) is 28.5. The summed E-state index contributed by atoms with van der Waals surface area (Å²) in [5.41, 5.74) is 2.71. The van der Waals surface area contributed by atoms with Crippen molar-refractivity contribution in [1.82, 2.24) is 0 Å². The van der Waals surface area contributed by atoms with E-state index in [0.717, 1.165) is 16.8 Å². The van der Waals surface area contributed by atoms with Gasteiger partial charge in [-0.25, -0.2) is 0 Å².